The summed E-state index contributed by atoms with van der Waals surface area (Å²) in [7, 11) is 0. The highest BCUT2D eigenvalue weighted by Crippen LogP contribution is 2.19. The zero-order chi connectivity index (χ0) is 22.6. The molecule has 0 spiro atoms. The van der Waals surface area contributed by atoms with Crippen LogP contribution in [0.15, 0.2) is 48.5 Å². The van der Waals surface area contributed by atoms with Gasteiger partial charge in [0.05, 0.1) is 11.2 Å². The van der Waals surface area contributed by atoms with Crippen molar-refractivity contribution in [3.05, 3.63) is 65.4 Å². The number of carbonyl (C=O) groups is 2. The molecule has 2 aliphatic rings. The molecule has 3 aromatic rings. The molecule has 0 bridgehead atoms. The van der Waals surface area contributed by atoms with Crippen LogP contribution < -0.4 is 5.32 Å². The van der Waals surface area contributed by atoms with E-state index in [4.69, 9.17) is 0 Å². The Morgan fingerprint density at radius 3 is 2.33 bits per heavy atom. The first-order valence-electron chi connectivity index (χ1n) is 11.7. The Kier molecular flexibility index (Phi) is 6.21. The number of H-pyrrole nitrogens is 1. The summed E-state index contributed by atoms with van der Waals surface area (Å²) in [6, 6.07) is 15.7. The molecule has 2 amide bonds. The average molecular weight is 444 g/mol. The number of hydrogen-bond donors (Lipinski definition) is 2. The fraction of sp³-hybridized carbons (Fsp3) is 0.346. The Morgan fingerprint density at radius 1 is 0.879 bits per heavy atom. The number of fused-ring (bicyclic) bond motifs is 1. The third kappa shape index (κ3) is 4.68. The highest BCUT2D eigenvalue weighted by atomic mass is 16.2. The van der Waals surface area contributed by atoms with Crippen LogP contribution in [0.5, 0.6) is 0 Å². The van der Waals surface area contributed by atoms with Crippen LogP contribution in [0.25, 0.3) is 23.1 Å². The van der Waals surface area contributed by atoms with Gasteiger partial charge < -0.3 is 15.1 Å². The Bertz CT molecular complexity index is 1150. The van der Waals surface area contributed by atoms with Gasteiger partial charge in [0, 0.05) is 43.0 Å². The summed E-state index contributed by atoms with van der Waals surface area (Å²) < 4.78 is 0. The topological polar surface area (TPSA) is 81.3 Å². The molecule has 2 saturated heterocycles. The molecule has 5 rings (SSSR count). The molecule has 0 aliphatic carbocycles. The predicted molar refractivity (Wildman–Crippen MR) is 130 cm³/mol. The van der Waals surface area contributed by atoms with Crippen molar-refractivity contribution >= 4 is 34.9 Å². The SMILES string of the molecule is O=C(c1ccc(C=Cc2n[nH]c3ccccc23)cc1)N1CCN(C(=O)C2CCNCC2)CC1. The lowest BCUT2D eigenvalue weighted by molar-refractivity contribution is -0.137. The number of rotatable bonds is 4. The summed E-state index contributed by atoms with van der Waals surface area (Å²) in [6.45, 7) is 4.24. The van der Waals surface area contributed by atoms with E-state index < -0.39 is 0 Å². The van der Waals surface area contributed by atoms with E-state index in [1.165, 1.54) is 0 Å². The summed E-state index contributed by atoms with van der Waals surface area (Å²) in [5.41, 5.74) is 3.59. The second kappa shape index (κ2) is 9.58. The smallest absolute Gasteiger partial charge is 0.253 e. The molecule has 2 aromatic carbocycles. The number of carbonyl (C=O) groups excluding carboxylic acids is 2. The zero-order valence-corrected chi connectivity index (χ0v) is 18.7. The Balaban J connectivity index is 1.17. The number of nitrogens with one attached hydrogen (secondary N) is 2. The molecule has 2 fully saturated rings. The highest BCUT2D eigenvalue weighted by molar-refractivity contribution is 5.95. The minimum absolute atomic E-state index is 0.0257. The van der Waals surface area contributed by atoms with Gasteiger partial charge in [-0.2, -0.15) is 5.10 Å². The van der Waals surface area contributed by atoms with Crippen LogP contribution in [-0.4, -0.2) is 71.1 Å². The van der Waals surface area contributed by atoms with E-state index in [-0.39, 0.29) is 17.7 Å². The van der Waals surface area contributed by atoms with Gasteiger partial charge in [0.15, 0.2) is 0 Å². The summed E-state index contributed by atoms with van der Waals surface area (Å²) in [5, 5.41) is 11.8. The standard InChI is InChI=1S/C26H29N5O2/c32-25(30-15-17-31(18-16-30)26(33)21-11-13-27-14-12-21)20-8-5-19(6-9-20)7-10-24-22-3-1-2-4-23(22)28-29-24/h1-10,21,27H,11-18H2,(H,28,29). The summed E-state index contributed by atoms with van der Waals surface area (Å²) in [5.74, 6) is 0.413. The largest absolute Gasteiger partial charge is 0.339 e. The number of nitrogens with zero attached hydrogens (tertiary/aromatic N) is 3. The van der Waals surface area contributed by atoms with Crippen LogP contribution in [0.3, 0.4) is 0 Å². The van der Waals surface area contributed by atoms with Gasteiger partial charge in [-0.05, 0) is 55.8 Å². The van der Waals surface area contributed by atoms with Crippen molar-refractivity contribution in [2.45, 2.75) is 12.8 Å². The van der Waals surface area contributed by atoms with Crippen molar-refractivity contribution in [2.24, 2.45) is 5.92 Å². The fourth-order valence-corrected chi connectivity index (χ4v) is 4.66. The molecule has 7 nitrogen and oxygen atoms in total. The molecule has 170 valence electrons. The molecule has 2 aliphatic heterocycles. The van der Waals surface area contributed by atoms with E-state index in [0.29, 0.717) is 31.7 Å². The van der Waals surface area contributed by atoms with Crippen LogP contribution in [0.2, 0.25) is 0 Å². The van der Waals surface area contributed by atoms with Gasteiger partial charge in [-0.3, -0.25) is 14.7 Å². The van der Waals surface area contributed by atoms with E-state index in [1.54, 1.807) is 0 Å². The van der Waals surface area contributed by atoms with Crippen molar-refractivity contribution < 1.29 is 9.59 Å². The van der Waals surface area contributed by atoms with Crippen molar-refractivity contribution in [1.29, 1.82) is 0 Å². The molecule has 0 saturated carbocycles. The van der Waals surface area contributed by atoms with Gasteiger partial charge in [-0.1, -0.05) is 36.4 Å². The maximum atomic E-state index is 13.0. The first kappa shape index (κ1) is 21.4. The molecule has 0 radical (unpaired) electrons. The maximum Gasteiger partial charge on any atom is 0.253 e. The summed E-state index contributed by atoms with van der Waals surface area (Å²) in [6.07, 6.45) is 5.81. The van der Waals surface area contributed by atoms with Gasteiger partial charge in [-0.15, -0.1) is 0 Å². The number of aromatic nitrogens is 2. The zero-order valence-electron chi connectivity index (χ0n) is 18.7. The number of para-hydroxylation sites is 1. The van der Waals surface area contributed by atoms with E-state index >= 15 is 0 Å². The highest BCUT2D eigenvalue weighted by Gasteiger charge is 2.29. The second-order valence-electron chi connectivity index (χ2n) is 8.75. The van der Waals surface area contributed by atoms with E-state index in [1.807, 2.05) is 70.5 Å². The van der Waals surface area contributed by atoms with Crippen LogP contribution in [0.4, 0.5) is 0 Å². The van der Waals surface area contributed by atoms with Crippen LogP contribution in [0.1, 0.15) is 34.5 Å². The van der Waals surface area contributed by atoms with Gasteiger partial charge in [0.2, 0.25) is 5.91 Å². The quantitative estimate of drug-likeness (QED) is 0.650. The third-order valence-electron chi connectivity index (χ3n) is 6.66. The molecule has 2 N–H and O–H groups in total. The first-order valence-corrected chi connectivity index (χ1v) is 11.7. The van der Waals surface area contributed by atoms with Gasteiger partial charge in [0.1, 0.15) is 0 Å². The predicted octanol–water partition coefficient (Wildman–Crippen LogP) is 3.02. The number of amides is 2. The van der Waals surface area contributed by atoms with Gasteiger partial charge >= 0.3 is 0 Å². The molecule has 1 aromatic heterocycles. The van der Waals surface area contributed by atoms with Gasteiger partial charge in [0.25, 0.3) is 5.91 Å². The van der Waals surface area contributed by atoms with Crippen LogP contribution >= 0.6 is 0 Å². The number of aromatic amines is 1. The van der Waals surface area contributed by atoms with Crippen molar-refractivity contribution in [1.82, 2.24) is 25.3 Å². The monoisotopic (exact) mass is 443 g/mol. The Hall–Kier alpha value is -3.45. The van der Waals surface area contributed by atoms with E-state index in [2.05, 4.69) is 15.5 Å². The van der Waals surface area contributed by atoms with Crippen molar-refractivity contribution in [2.75, 3.05) is 39.3 Å². The maximum absolute atomic E-state index is 13.0. The second-order valence-corrected chi connectivity index (χ2v) is 8.75. The summed E-state index contributed by atoms with van der Waals surface area (Å²) >= 11 is 0. The first-order chi connectivity index (χ1) is 16.2. The Labute approximate surface area is 193 Å². The number of benzene rings is 2. The average Bonchev–Trinajstić information content (AvgIpc) is 3.31. The van der Waals surface area contributed by atoms with E-state index in [0.717, 1.165) is 48.1 Å². The Morgan fingerprint density at radius 2 is 1.58 bits per heavy atom. The lowest BCUT2D eigenvalue weighted by Crippen LogP contribution is -2.52. The molecule has 33 heavy (non-hydrogen) atoms. The minimum atomic E-state index is 0.0257. The minimum Gasteiger partial charge on any atom is -0.339 e. The van der Waals surface area contributed by atoms with Crippen LogP contribution in [-0.2, 0) is 4.79 Å². The van der Waals surface area contributed by atoms with Crippen molar-refractivity contribution in [3.8, 4) is 0 Å². The fourth-order valence-electron chi connectivity index (χ4n) is 4.66. The lowest BCUT2D eigenvalue weighted by Gasteiger charge is -2.37. The van der Waals surface area contributed by atoms with Crippen molar-refractivity contribution in [3.63, 3.8) is 0 Å². The molecular formula is C26H29N5O2. The molecular weight excluding hydrogens is 414 g/mol. The molecule has 0 atom stereocenters. The van der Waals surface area contributed by atoms with E-state index in [9.17, 15) is 9.59 Å². The van der Waals surface area contributed by atoms with Gasteiger partial charge in [-0.25, -0.2) is 0 Å². The normalized spacial score (nSPS) is 17.7. The number of hydrogen-bond acceptors (Lipinski definition) is 4. The lowest BCUT2D eigenvalue weighted by atomic mass is 9.96. The molecule has 0 unspecified atom stereocenters. The number of piperazine rings is 1. The molecule has 7 heteroatoms. The summed E-state index contributed by atoms with van der Waals surface area (Å²) in [4.78, 5) is 29.5. The number of piperidine rings is 1. The van der Waals surface area contributed by atoms with Crippen LogP contribution in [0, 0.1) is 5.92 Å². The third-order valence-corrected chi connectivity index (χ3v) is 6.66. The molecule has 3 heterocycles.